The third-order valence-electron chi connectivity index (χ3n) is 5.89. The number of pyridine rings is 3. The van der Waals surface area contributed by atoms with Gasteiger partial charge in [-0.15, -0.1) is 0 Å². The lowest BCUT2D eigenvalue weighted by Crippen LogP contribution is -2.23. The first-order valence-corrected chi connectivity index (χ1v) is 11.9. The molecule has 0 atom stereocenters. The highest BCUT2D eigenvalue weighted by Gasteiger charge is 2.09. The zero-order chi connectivity index (χ0) is 24.9. The van der Waals surface area contributed by atoms with Crippen molar-refractivity contribution < 1.29 is 4.79 Å². The third-order valence-corrected chi connectivity index (χ3v) is 6.13. The molecule has 0 spiro atoms. The first-order chi connectivity index (χ1) is 17.5. The average Bonchev–Trinajstić information content (AvgIpc) is 2.89. The number of benzene rings is 2. The van der Waals surface area contributed by atoms with Gasteiger partial charge in [0.25, 0.3) is 11.5 Å². The summed E-state index contributed by atoms with van der Waals surface area (Å²) in [6.45, 7) is 0.876. The smallest absolute Gasteiger partial charge is 0.253 e. The van der Waals surface area contributed by atoms with Crippen molar-refractivity contribution in [3.8, 4) is 0 Å². The van der Waals surface area contributed by atoms with E-state index in [1.54, 1.807) is 47.6 Å². The Kier molecular flexibility index (Phi) is 6.87. The van der Waals surface area contributed by atoms with E-state index in [9.17, 15) is 9.59 Å². The molecular weight excluding hydrogens is 472 g/mol. The molecule has 0 aliphatic heterocycles. The van der Waals surface area contributed by atoms with Crippen molar-refractivity contribution in [3.63, 3.8) is 0 Å². The summed E-state index contributed by atoms with van der Waals surface area (Å²) in [5, 5.41) is 4.52. The Morgan fingerprint density at radius 1 is 0.861 bits per heavy atom. The Labute approximate surface area is 213 Å². The van der Waals surface area contributed by atoms with Gasteiger partial charge in [-0.2, -0.15) is 0 Å². The Balaban J connectivity index is 1.22. The van der Waals surface area contributed by atoms with Crippen LogP contribution in [-0.2, 0) is 19.5 Å². The second kappa shape index (κ2) is 10.5. The molecule has 0 aliphatic rings. The molecule has 5 aromatic rings. The lowest BCUT2D eigenvalue weighted by atomic mass is 10.0. The molecule has 7 heteroatoms. The molecule has 0 aliphatic carbocycles. The number of carbonyl (C=O) groups is 1. The van der Waals surface area contributed by atoms with E-state index in [1.807, 2.05) is 54.6 Å². The Bertz CT molecular complexity index is 1600. The fourth-order valence-corrected chi connectivity index (χ4v) is 4.20. The Morgan fingerprint density at radius 2 is 1.69 bits per heavy atom. The maximum absolute atomic E-state index is 12.8. The van der Waals surface area contributed by atoms with Crippen LogP contribution in [0.25, 0.3) is 10.9 Å². The molecule has 0 saturated carbocycles. The number of nitrogens with one attached hydrogen (secondary N) is 1. The van der Waals surface area contributed by atoms with E-state index in [2.05, 4.69) is 15.3 Å². The lowest BCUT2D eigenvalue weighted by Gasteiger charge is -2.09. The molecule has 0 radical (unpaired) electrons. The molecule has 3 heterocycles. The van der Waals surface area contributed by atoms with E-state index in [0.29, 0.717) is 30.1 Å². The quantitative estimate of drug-likeness (QED) is 0.345. The van der Waals surface area contributed by atoms with Gasteiger partial charge in [0.15, 0.2) is 0 Å². The fourth-order valence-electron chi connectivity index (χ4n) is 4.02. The highest BCUT2D eigenvalue weighted by Crippen LogP contribution is 2.19. The van der Waals surface area contributed by atoms with Gasteiger partial charge in [-0.05, 0) is 65.1 Å². The number of carbonyl (C=O) groups excluding carboxylic acids is 1. The number of hydrogen-bond acceptors (Lipinski definition) is 4. The van der Waals surface area contributed by atoms with Crippen LogP contribution in [0.2, 0.25) is 5.02 Å². The minimum atomic E-state index is -0.195. The molecule has 178 valence electrons. The predicted octanol–water partition coefficient (Wildman–Crippen LogP) is 5.01. The van der Waals surface area contributed by atoms with Gasteiger partial charge < -0.3 is 9.88 Å². The van der Waals surface area contributed by atoms with E-state index in [-0.39, 0.29) is 11.5 Å². The first kappa shape index (κ1) is 23.5. The van der Waals surface area contributed by atoms with Gasteiger partial charge in [0.1, 0.15) is 0 Å². The highest BCUT2D eigenvalue weighted by molar-refractivity contribution is 6.31. The van der Waals surface area contributed by atoms with Crippen molar-refractivity contribution in [2.45, 2.75) is 19.5 Å². The van der Waals surface area contributed by atoms with Crippen LogP contribution >= 0.6 is 11.6 Å². The highest BCUT2D eigenvalue weighted by atomic mass is 35.5. The van der Waals surface area contributed by atoms with Crippen molar-refractivity contribution in [2.75, 3.05) is 0 Å². The second-order valence-corrected chi connectivity index (χ2v) is 9.04. The predicted molar refractivity (Wildman–Crippen MR) is 141 cm³/mol. The van der Waals surface area contributed by atoms with Crippen molar-refractivity contribution in [3.05, 3.63) is 141 Å². The zero-order valence-electron chi connectivity index (χ0n) is 19.4. The number of fused-ring (bicyclic) bond motifs is 1. The molecule has 0 bridgehead atoms. The van der Waals surface area contributed by atoms with E-state index in [0.717, 1.165) is 33.2 Å². The molecule has 6 nitrogen and oxygen atoms in total. The number of rotatable bonds is 7. The van der Waals surface area contributed by atoms with Gasteiger partial charge in [-0.3, -0.25) is 19.6 Å². The molecule has 0 unspecified atom stereocenters. The fraction of sp³-hybridized carbons (Fsp3) is 0.103. The van der Waals surface area contributed by atoms with Crippen LogP contribution < -0.4 is 10.9 Å². The van der Waals surface area contributed by atoms with Gasteiger partial charge in [0.2, 0.25) is 0 Å². The molecule has 3 aromatic heterocycles. The SMILES string of the molecule is O=C(NCc1cnc2ccc(Cl)cc2c1)c1cncc(Cc2ccc(Cn3ccccc3=O)cc2)c1. The standard InChI is InChI=1S/C29H23ClN4O2/c30-26-8-9-27-24(14-26)13-23(16-32-27)17-33-29(36)25-12-22(15-31-18-25)11-20-4-6-21(7-5-20)19-34-10-2-1-3-28(34)35/h1-10,12-16,18H,11,17,19H2,(H,33,36). The lowest BCUT2D eigenvalue weighted by molar-refractivity contribution is 0.0950. The molecule has 36 heavy (non-hydrogen) atoms. The minimum absolute atomic E-state index is 0.0241. The van der Waals surface area contributed by atoms with Crippen molar-refractivity contribution in [1.29, 1.82) is 0 Å². The van der Waals surface area contributed by atoms with Crippen LogP contribution in [0.15, 0.2) is 102 Å². The Morgan fingerprint density at radius 3 is 2.53 bits per heavy atom. The van der Waals surface area contributed by atoms with Crippen LogP contribution in [0.4, 0.5) is 0 Å². The van der Waals surface area contributed by atoms with Gasteiger partial charge in [-0.25, -0.2) is 0 Å². The number of aromatic nitrogens is 3. The summed E-state index contributed by atoms with van der Waals surface area (Å²) in [6, 6.07) is 22.6. The molecule has 5 rings (SSSR count). The van der Waals surface area contributed by atoms with Crippen LogP contribution in [0.1, 0.15) is 32.6 Å². The molecular formula is C29H23ClN4O2. The molecule has 0 fully saturated rings. The topological polar surface area (TPSA) is 76.9 Å². The maximum Gasteiger partial charge on any atom is 0.253 e. The summed E-state index contributed by atoms with van der Waals surface area (Å²) < 4.78 is 1.67. The van der Waals surface area contributed by atoms with E-state index in [4.69, 9.17) is 11.6 Å². The molecule has 1 N–H and O–H groups in total. The maximum atomic E-state index is 12.8. The largest absolute Gasteiger partial charge is 0.348 e. The van der Waals surface area contributed by atoms with Crippen molar-refractivity contribution in [1.82, 2.24) is 19.9 Å². The molecule has 1 amide bonds. The summed E-state index contributed by atoms with van der Waals surface area (Å²) in [6.07, 6.45) is 7.52. The monoisotopic (exact) mass is 494 g/mol. The van der Waals surface area contributed by atoms with Crippen LogP contribution in [0.5, 0.6) is 0 Å². The number of hydrogen-bond donors (Lipinski definition) is 1. The number of amides is 1. The van der Waals surface area contributed by atoms with Gasteiger partial charge in [-0.1, -0.05) is 41.9 Å². The van der Waals surface area contributed by atoms with Crippen LogP contribution in [0, 0.1) is 0 Å². The summed E-state index contributed by atoms with van der Waals surface area (Å²) in [5.41, 5.74) is 5.31. The van der Waals surface area contributed by atoms with Crippen LogP contribution in [0.3, 0.4) is 0 Å². The van der Waals surface area contributed by atoms with E-state index >= 15 is 0 Å². The van der Waals surface area contributed by atoms with Crippen molar-refractivity contribution in [2.24, 2.45) is 0 Å². The molecule has 2 aromatic carbocycles. The van der Waals surface area contributed by atoms with Gasteiger partial charge in [0, 0.05) is 47.8 Å². The average molecular weight is 495 g/mol. The van der Waals surface area contributed by atoms with Gasteiger partial charge in [0.05, 0.1) is 17.6 Å². The minimum Gasteiger partial charge on any atom is -0.348 e. The second-order valence-electron chi connectivity index (χ2n) is 8.61. The van der Waals surface area contributed by atoms with E-state index in [1.165, 1.54) is 0 Å². The zero-order valence-corrected chi connectivity index (χ0v) is 20.2. The summed E-state index contributed by atoms with van der Waals surface area (Å²) in [7, 11) is 0. The number of halogens is 1. The summed E-state index contributed by atoms with van der Waals surface area (Å²) >= 11 is 6.08. The van der Waals surface area contributed by atoms with E-state index < -0.39 is 0 Å². The van der Waals surface area contributed by atoms with Crippen LogP contribution in [-0.4, -0.2) is 20.4 Å². The Hall–Kier alpha value is -4.29. The summed E-state index contributed by atoms with van der Waals surface area (Å²) in [5.74, 6) is -0.195. The normalized spacial score (nSPS) is 10.9. The van der Waals surface area contributed by atoms with Gasteiger partial charge >= 0.3 is 0 Å². The number of nitrogens with zero attached hydrogens (tertiary/aromatic N) is 3. The van der Waals surface area contributed by atoms with Crippen molar-refractivity contribution >= 4 is 28.4 Å². The third kappa shape index (κ3) is 5.67. The summed E-state index contributed by atoms with van der Waals surface area (Å²) in [4.78, 5) is 33.4. The molecule has 0 saturated heterocycles. The first-order valence-electron chi connectivity index (χ1n) is 11.5.